The van der Waals surface area contributed by atoms with Gasteiger partial charge in [0.2, 0.25) is 0 Å². The number of ether oxygens (including phenoxy) is 2. The van der Waals surface area contributed by atoms with Crippen LogP contribution in [-0.4, -0.2) is 24.9 Å². The average molecular weight is 302 g/mol. The Kier molecular flexibility index (Phi) is 3.91. The van der Waals surface area contributed by atoms with E-state index in [4.69, 9.17) is 20.3 Å². The Morgan fingerprint density at radius 3 is 2.71 bits per heavy atom. The van der Waals surface area contributed by atoms with Gasteiger partial charge < -0.3 is 20.3 Å². The number of fused-ring (bicyclic) bond motifs is 1. The third kappa shape index (κ3) is 2.41. The minimum Gasteiger partial charge on any atom is -0.489 e. The Balaban J connectivity index is 2.52. The zero-order chi connectivity index (χ0) is 12.4. The first-order valence-electron chi connectivity index (χ1n) is 5.60. The van der Waals surface area contributed by atoms with E-state index in [0.717, 1.165) is 33.5 Å². The lowest BCUT2D eigenvalue weighted by Gasteiger charge is -2.18. The molecule has 0 saturated heterocycles. The quantitative estimate of drug-likeness (QED) is 0.876. The van der Waals surface area contributed by atoms with Crippen LogP contribution < -0.4 is 15.2 Å². The summed E-state index contributed by atoms with van der Waals surface area (Å²) in [5.74, 6) is 1.46. The summed E-state index contributed by atoms with van der Waals surface area (Å²) in [6.07, 6.45) is 0.863. The van der Waals surface area contributed by atoms with Crippen molar-refractivity contribution in [2.24, 2.45) is 5.73 Å². The summed E-state index contributed by atoms with van der Waals surface area (Å²) < 4.78 is 12.2. The van der Waals surface area contributed by atoms with E-state index in [2.05, 4.69) is 15.9 Å². The fraction of sp³-hybridized carbons (Fsp3) is 0.500. The molecule has 0 saturated carbocycles. The summed E-state index contributed by atoms with van der Waals surface area (Å²) in [7, 11) is 0. The minimum absolute atomic E-state index is 0.0904. The second-order valence-electron chi connectivity index (χ2n) is 4.07. The van der Waals surface area contributed by atoms with Gasteiger partial charge in [-0.05, 0) is 40.0 Å². The van der Waals surface area contributed by atoms with Gasteiger partial charge in [0.1, 0.15) is 0 Å². The maximum atomic E-state index is 9.15. The SMILES string of the molecule is Cc1c(C(N)CO)cc(Br)c2c1OCCCO2. The normalized spacial score (nSPS) is 16.5. The van der Waals surface area contributed by atoms with Crippen LogP contribution in [0.2, 0.25) is 0 Å². The van der Waals surface area contributed by atoms with E-state index in [1.807, 2.05) is 13.0 Å². The topological polar surface area (TPSA) is 64.7 Å². The van der Waals surface area contributed by atoms with Crippen LogP contribution in [0.5, 0.6) is 11.5 Å². The van der Waals surface area contributed by atoms with Gasteiger partial charge in [-0.3, -0.25) is 0 Å². The molecule has 0 amide bonds. The highest BCUT2D eigenvalue weighted by atomic mass is 79.9. The molecule has 94 valence electrons. The van der Waals surface area contributed by atoms with Gasteiger partial charge in [0.25, 0.3) is 0 Å². The Morgan fingerprint density at radius 2 is 2.06 bits per heavy atom. The Morgan fingerprint density at radius 1 is 1.41 bits per heavy atom. The molecule has 5 heteroatoms. The predicted molar refractivity (Wildman–Crippen MR) is 68.5 cm³/mol. The summed E-state index contributed by atoms with van der Waals surface area (Å²) in [4.78, 5) is 0. The summed E-state index contributed by atoms with van der Waals surface area (Å²) in [5.41, 5.74) is 7.68. The number of hydrogen-bond acceptors (Lipinski definition) is 4. The fourth-order valence-electron chi connectivity index (χ4n) is 1.92. The van der Waals surface area contributed by atoms with Crippen LogP contribution in [0.3, 0.4) is 0 Å². The molecular weight excluding hydrogens is 286 g/mol. The lowest BCUT2D eigenvalue weighted by molar-refractivity contribution is 0.266. The molecule has 1 aromatic rings. The number of halogens is 1. The molecule has 3 N–H and O–H groups in total. The standard InChI is InChI=1S/C12H16BrNO3/c1-7-8(10(14)6-15)5-9(13)12-11(7)16-3-2-4-17-12/h5,10,15H,2-4,6,14H2,1H3. The van der Waals surface area contributed by atoms with Crippen molar-refractivity contribution in [3.63, 3.8) is 0 Å². The van der Waals surface area contributed by atoms with Gasteiger partial charge in [-0.15, -0.1) is 0 Å². The zero-order valence-electron chi connectivity index (χ0n) is 9.70. The van der Waals surface area contributed by atoms with Gasteiger partial charge in [-0.1, -0.05) is 0 Å². The molecule has 1 heterocycles. The number of aliphatic hydroxyl groups is 1. The van der Waals surface area contributed by atoms with Crippen LogP contribution in [0.1, 0.15) is 23.6 Å². The van der Waals surface area contributed by atoms with E-state index in [0.29, 0.717) is 13.2 Å². The van der Waals surface area contributed by atoms with Gasteiger partial charge in [0.05, 0.1) is 30.3 Å². The van der Waals surface area contributed by atoms with Crippen LogP contribution in [0.4, 0.5) is 0 Å². The van der Waals surface area contributed by atoms with Gasteiger partial charge in [0.15, 0.2) is 11.5 Å². The van der Waals surface area contributed by atoms with Crippen molar-refractivity contribution < 1.29 is 14.6 Å². The van der Waals surface area contributed by atoms with Crippen LogP contribution in [-0.2, 0) is 0 Å². The monoisotopic (exact) mass is 301 g/mol. The molecule has 0 aliphatic carbocycles. The highest BCUT2D eigenvalue weighted by Gasteiger charge is 2.21. The van der Waals surface area contributed by atoms with Crippen molar-refractivity contribution in [1.82, 2.24) is 0 Å². The van der Waals surface area contributed by atoms with E-state index in [1.54, 1.807) is 0 Å². The van der Waals surface area contributed by atoms with Gasteiger partial charge in [-0.25, -0.2) is 0 Å². The van der Waals surface area contributed by atoms with E-state index in [-0.39, 0.29) is 6.61 Å². The molecule has 2 rings (SSSR count). The molecule has 1 aliphatic rings. The maximum Gasteiger partial charge on any atom is 0.175 e. The number of hydrogen-bond donors (Lipinski definition) is 2. The van der Waals surface area contributed by atoms with Crippen LogP contribution in [0.15, 0.2) is 10.5 Å². The Labute approximate surface area is 109 Å². The highest BCUT2D eigenvalue weighted by molar-refractivity contribution is 9.10. The predicted octanol–water partition coefficient (Wildman–Crippen LogP) is 1.91. The van der Waals surface area contributed by atoms with E-state index in [9.17, 15) is 0 Å². The molecule has 0 radical (unpaired) electrons. The molecule has 0 fully saturated rings. The van der Waals surface area contributed by atoms with Crippen LogP contribution >= 0.6 is 15.9 Å². The highest BCUT2D eigenvalue weighted by Crippen LogP contribution is 2.42. The smallest absolute Gasteiger partial charge is 0.175 e. The van der Waals surface area contributed by atoms with E-state index >= 15 is 0 Å². The second-order valence-corrected chi connectivity index (χ2v) is 4.92. The molecule has 1 aromatic carbocycles. The number of benzene rings is 1. The first kappa shape index (κ1) is 12.7. The summed E-state index contributed by atoms with van der Waals surface area (Å²) in [6, 6.07) is 1.49. The lowest BCUT2D eigenvalue weighted by atomic mass is 10.0. The number of aliphatic hydroxyl groups excluding tert-OH is 1. The summed E-state index contributed by atoms with van der Waals surface area (Å²) >= 11 is 3.46. The molecule has 17 heavy (non-hydrogen) atoms. The van der Waals surface area contributed by atoms with Crippen molar-refractivity contribution >= 4 is 15.9 Å². The first-order chi connectivity index (χ1) is 8.15. The van der Waals surface area contributed by atoms with Crippen LogP contribution in [0, 0.1) is 6.92 Å². The maximum absolute atomic E-state index is 9.15. The van der Waals surface area contributed by atoms with Crippen molar-refractivity contribution in [2.45, 2.75) is 19.4 Å². The number of rotatable bonds is 2. The molecular formula is C12H16BrNO3. The van der Waals surface area contributed by atoms with Crippen molar-refractivity contribution in [3.8, 4) is 11.5 Å². The molecule has 0 spiro atoms. The molecule has 0 bridgehead atoms. The third-order valence-corrected chi connectivity index (χ3v) is 3.45. The van der Waals surface area contributed by atoms with Crippen molar-refractivity contribution in [3.05, 3.63) is 21.7 Å². The molecule has 0 aromatic heterocycles. The van der Waals surface area contributed by atoms with E-state index in [1.165, 1.54) is 0 Å². The molecule has 1 unspecified atom stereocenters. The van der Waals surface area contributed by atoms with Gasteiger partial charge in [0, 0.05) is 6.42 Å². The Hall–Kier alpha value is -0.780. The van der Waals surface area contributed by atoms with E-state index < -0.39 is 6.04 Å². The average Bonchev–Trinajstić information content (AvgIpc) is 2.58. The lowest BCUT2D eigenvalue weighted by Crippen LogP contribution is -2.16. The summed E-state index contributed by atoms with van der Waals surface area (Å²) in [5, 5.41) is 9.15. The van der Waals surface area contributed by atoms with Gasteiger partial charge >= 0.3 is 0 Å². The Bertz CT molecular complexity index is 423. The zero-order valence-corrected chi connectivity index (χ0v) is 11.3. The largest absolute Gasteiger partial charge is 0.489 e. The minimum atomic E-state index is -0.400. The van der Waals surface area contributed by atoms with Gasteiger partial charge in [-0.2, -0.15) is 0 Å². The third-order valence-electron chi connectivity index (χ3n) is 2.86. The molecule has 1 aliphatic heterocycles. The van der Waals surface area contributed by atoms with Crippen molar-refractivity contribution in [1.29, 1.82) is 0 Å². The second kappa shape index (κ2) is 5.25. The van der Waals surface area contributed by atoms with Crippen LogP contribution in [0.25, 0.3) is 0 Å². The van der Waals surface area contributed by atoms with Crippen molar-refractivity contribution in [2.75, 3.05) is 19.8 Å². The number of nitrogens with two attached hydrogens (primary N) is 1. The summed E-state index contributed by atoms with van der Waals surface area (Å²) in [6.45, 7) is 3.13. The molecule has 1 atom stereocenters. The molecule has 4 nitrogen and oxygen atoms in total. The fourth-order valence-corrected chi connectivity index (χ4v) is 2.46. The first-order valence-corrected chi connectivity index (χ1v) is 6.39.